The van der Waals surface area contributed by atoms with E-state index in [1.807, 2.05) is 6.07 Å². The van der Waals surface area contributed by atoms with Crippen molar-refractivity contribution in [1.82, 2.24) is 25.3 Å². The number of fused-ring (bicyclic) bond motifs is 1. The summed E-state index contributed by atoms with van der Waals surface area (Å²) in [6.45, 7) is -3.48. The van der Waals surface area contributed by atoms with Gasteiger partial charge in [0.05, 0.1) is 46.2 Å². The predicted molar refractivity (Wildman–Crippen MR) is 128 cm³/mol. The molecule has 4 aromatic rings. The Bertz CT molecular complexity index is 1690. The number of carbonyl (C=O) groups is 1. The minimum Gasteiger partial charge on any atom is -0.489 e. The highest BCUT2D eigenvalue weighted by atomic mass is 35.5. The summed E-state index contributed by atoms with van der Waals surface area (Å²) >= 11 is 6.09. The van der Waals surface area contributed by atoms with Crippen LogP contribution in [0.5, 0.6) is 5.75 Å². The molecule has 38 heavy (non-hydrogen) atoms. The van der Waals surface area contributed by atoms with Gasteiger partial charge in [-0.1, -0.05) is 17.7 Å². The van der Waals surface area contributed by atoms with Gasteiger partial charge in [0, 0.05) is 17.0 Å². The Kier molecular flexibility index (Phi) is 6.41. The van der Waals surface area contributed by atoms with Crippen LogP contribution in [0.1, 0.15) is 30.6 Å². The van der Waals surface area contributed by atoms with Crippen LogP contribution >= 0.6 is 11.6 Å². The fourth-order valence-corrected chi connectivity index (χ4v) is 4.24. The van der Waals surface area contributed by atoms with Crippen molar-refractivity contribution in [2.24, 2.45) is 0 Å². The molecular weight excluding hydrogens is 529 g/mol. The van der Waals surface area contributed by atoms with Gasteiger partial charge in [0.2, 0.25) is 0 Å². The van der Waals surface area contributed by atoms with Crippen LogP contribution in [0.2, 0.25) is 5.02 Å². The number of aromatic amines is 1. The van der Waals surface area contributed by atoms with Gasteiger partial charge in [-0.15, -0.1) is 0 Å². The van der Waals surface area contributed by atoms with Crippen LogP contribution in [0, 0.1) is 17.1 Å². The molecule has 1 aliphatic rings. The number of nitrogens with zero attached hydrogens (tertiary/aromatic N) is 4. The van der Waals surface area contributed by atoms with Crippen LogP contribution in [0.3, 0.4) is 0 Å². The molecule has 0 bridgehead atoms. The first-order valence-corrected chi connectivity index (χ1v) is 11.5. The molecule has 2 aromatic carbocycles. The lowest BCUT2D eigenvalue weighted by Crippen LogP contribution is -2.22. The minimum absolute atomic E-state index is 0.000311. The Labute approximate surface area is 216 Å². The lowest BCUT2D eigenvalue weighted by atomic mass is 9.95. The molecule has 0 spiro atoms. The maximum atomic E-state index is 15.5. The van der Waals surface area contributed by atoms with Crippen LogP contribution in [0.15, 0.2) is 35.3 Å². The molecular formula is C24H16ClF3N6O4. The number of aromatic nitrogens is 4. The number of nitrogens with one attached hydrogen (secondary N) is 2. The van der Waals surface area contributed by atoms with Crippen LogP contribution in [0.4, 0.5) is 18.0 Å². The zero-order valence-corrected chi connectivity index (χ0v) is 19.9. The number of ether oxygens (including phenoxy) is 1. The summed E-state index contributed by atoms with van der Waals surface area (Å²) in [6, 6.07) is 7.22. The molecule has 1 amide bonds. The average molecular weight is 545 g/mol. The molecule has 0 aliphatic heterocycles. The molecule has 5 rings (SSSR count). The normalized spacial score (nSPS) is 13.1. The smallest absolute Gasteiger partial charge is 0.404 e. The highest BCUT2D eigenvalue weighted by Gasteiger charge is 2.31. The van der Waals surface area contributed by atoms with Gasteiger partial charge in [-0.2, -0.15) is 24.2 Å². The Balaban J connectivity index is 1.76. The van der Waals surface area contributed by atoms with E-state index in [0.29, 0.717) is 0 Å². The third-order valence-electron chi connectivity index (χ3n) is 5.92. The van der Waals surface area contributed by atoms with Gasteiger partial charge in [0.1, 0.15) is 17.4 Å². The van der Waals surface area contributed by atoms with Gasteiger partial charge >= 0.3 is 12.6 Å². The van der Waals surface area contributed by atoms with Gasteiger partial charge < -0.3 is 15.2 Å². The fourth-order valence-electron chi connectivity index (χ4n) is 4.05. The van der Waals surface area contributed by atoms with Gasteiger partial charge in [-0.3, -0.25) is 4.79 Å². The van der Waals surface area contributed by atoms with Crippen molar-refractivity contribution in [3.63, 3.8) is 0 Å². The SMILES string of the molecule is N#Cc1c(OC2CC2)cc(Cl)c(F)c1-c1c(-c2ccc3c(=O)[nH]nc(CNC(=O)O)c3c2)cnn1C(F)F. The van der Waals surface area contributed by atoms with E-state index in [-0.39, 0.29) is 56.2 Å². The number of amides is 1. The Morgan fingerprint density at radius 3 is 2.76 bits per heavy atom. The van der Waals surface area contributed by atoms with E-state index in [0.717, 1.165) is 25.1 Å². The summed E-state index contributed by atoms with van der Waals surface area (Å²) in [6.07, 6.45) is 0.992. The van der Waals surface area contributed by atoms with Crippen LogP contribution in [-0.4, -0.2) is 37.3 Å². The number of carboxylic acid groups (broad SMARTS) is 1. The van der Waals surface area contributed by atoms with E-state index in [9.17, 15) is 23.6 Å². The molecule has 10 nitrogen and oxygen atoms in total. The maximum absolute atomic E-state index is 15.5. The second kappa shape index (κ2) is 9.71. The van der Waals surface area contributed by atoms with Gasteiger partial charge in [0.25, 0.3) is 5.56 Å². The van der Waals surface area contributed by atoms with Crippen molar-refractivity contribution < 1.29 is 27.8 Å². The van der Waals surface area contributed by atoms with E-state index in [4.69, 9.17) is 21.4 Å². The Morgan fingerprint density at radius 2 is 2.11 bits per heavy atom. The minimum atomic E-state index is -3.21. The first-order valence-electron chi connectivity index (χ1n) is 11.1. The summed E-state index contributed by atoms with van der Waals surface area (Å²) in [5.41, 5.74) is -1.47. The van der Waals surface area contributed by atoms with Gasteiger partial charge in [0.15, 0.2) is 5.82 Å². The summed E-state index contributed by atoms with van der Waals surface area (Å²) in [5.74, 6) is -1.15. The highest BCUT2D eigenvalue weighted by molar-refractivity contribution is 6.31. The maximum Gasteiger partial charge on any atom is 0.404 e. The molecule has 0 atom stereocenters. The van der Waals surface area contributed by atoms with E-state index in [1.54, 1.807) is 0 Å². The van der Waals surface area contributed by atoms with E-state index in [2.05, 4.69) is 20.6 Å². The summed E-state index contributed by atoms with van der Waals surface area (Å²) < 4.78 is 49.6. The monoisotopic (exact) mass is 544 g/mol. The summed E-state index contributed by atoms with van der Waals surface area (Å²) in [7, 11) is 0. The number of hydrogen-bond acceptors (Lipinski definition) is 6. The molecule has 1 fully saturated rings. The zero-order valence-electron chi connectivity index (χ0n) is 19.1. The number of alkyl halides is 2. The number of nitriles is 1. The summed E-state index contributed by atoms with van der Waals surface area (Å²) in [4.78, 5) is 23.3. The lowest BCUT2D eigenvalue weighted by molar-refractivity contribution is 0.0585. The van der Waals surface area contributed by atoms with Crippen molar-refractivity contribution in [1.29, 1.82) is 5.26 Å². The zero-order chi connectivity index (χ0) is 27.1. The average Bonchev–Trinajstić information content (AvgIpc) is 3.59. The molecule has 194 valence electrons. The molecule has 1 aliphatic carbocycles. The van der Waals surface area contributed by atoms with Crippen LogP contribution in [-0.2, 0) is 6.54 Å². The molecule has 0 saturated heterocycles. The second-order valence-electron chi connectivity index (χ2n) is 8.40. The fraction of sp³-hybridized carbons (Fsp3) is 0.208. The lowest BCUT2D eigenvalue weighted by Gasteiger charge is -2.16. The number of hydrogen-bond donors (Lipinski definition) is 3. The van der Waals surface area contributed by atoms with Crippen molar-refractivity contribution in [2.75, 3.05) is 0 Å². The van der Waals surface area contributed by atoms with Gasteiger partial charge in [-0.25, -0.2) is 19.0 Å². The van der Waals surface area contributed by atoms with Crippen molar-refractivity contribution in [3.05, 3.63) is 62.9 Å². The largest absolute Gasteiger partial charge is 0.489 e. The molecule has 0 radical (unpaired) electrons. The second-order valence-corrected chi connectivity index (χ2v) is 8.80. The summed E-state index contributed by atoms with van der Waals surface area (Å²) in [5, 5.41) is 30.8. The van der Waals surface area contributed by atoms with E-state index >= 15 is 4.39 Å². The third kappa shape index (κ3) is 4.50. The molecule has 14 heteroatoms. The van der Waals surface area contributed by atoms with Crippen LogP contribution in [0.25, 0.3) is 33.2 Å². The predicted octanol–water partition coefficient (Wildman–Crippen LogP) is 4.82. The topological polar surface area (TPSA) is 146 Å². The standard InChI is InChI=1S/C24H16ClF3N6O4/c25-16-6-18(38-11-2-3-11)14(7-29)19(20(16)26)21-15(8-31-34(21)23(27)28)10-1-4-12-13(5-10)17(9-30-24(36)37)32-33-22(12)35/h1,4-6,8,11,23,30H,2-3,9H2,(H,33,35)(H,36,37). The Morgan fingerprint density at radius 1 is 1.34 bits per heavy atom. The van der Waals surface area contributed by atoms with Crippen LogP contribution < -0.4 is 15.6 Å². The number of benzene rings is 2. The Hall–Kier alpha value is -4.57. The van der Waals surface area contributed by atoms with Crippen molar-refractivity contribution in [2.45, 2.75) is 32.0 Å². The van der Waals surface area contributed by atoms with Gasteiger partial charge in [-0.05, 0) is 30.5 Å². The van der Waals surface area contributed by atoms with E-state index < -0.39 is 40.3 Å². The van der Waals surface area contributed by atoms with E-state index in [1.165, 1.54) is 18.2 Å². The van der Waals surface area contributed by atoms with Crippen molar-refractivity contribution in [3.8, 4) is 34.2 Å². The number of halogens is 4. The highest BCUT2D eigenvalue weighted by Crippen LogP contribution is 2.44. The molecule has 0 unspecified atom stereocenters. The quantitative estimate of drug-likeness (QED) is 0.302. The molecule has 3 N–H and O–H groups in total. The molecule has 2 aromatic heterocycles. The molecule has 2 heterocycles. The first-order chi connectivity index (χ1) is 18.2. The first kappa shape index (κ1) is 25.1. The van der Waals surface area contributed by atoms with Crippen molar-refractivity contribution >= 4 is 28.5 Å². The number of H-pyrrole nitrogens is 1. The number of rotatable bonds is 7. The molecule has 1 saturated carbocycles. The third-order valence-corrected chi connectivity index (χ3v) is 6.19.